The first kappa shape index (κ1) is 16.5. The zero-order valence-corrected chi connectivity index (χ0v) is 14.8. The molecule has 0 aromatic heterocycles. The van der Waals surface area contributed by atoms with E-state index in [4.69, 9.17) is 0 Å². The lowest BCUT2D eigenvalue weighted by Crippen LogP contribution is -2.61. The molecule has 0 aliphatic carbocycles. The van der Waals surface area contributed by atoms with Crippen LogP contribution in [0.2, 0.25) is 0 Å². The molecule has 1 unspecified atom stereocenters. The normalized spacial score (nSPS) is 23.0. The maximum Gasteiger partial charge on any atom is 0.0296 e. The number of benzene rings is 1. The van der Waals surface area contributed by atoms with Gasteiger partial charge in [-0.15, -0.1) is 0 Å². The number of hydrogen-bond donors (Lipinski definition) is 2. The third-order valence-corrected chi connectivity index (χ3v) is 4.57. The van der Waals surface area contributed by atoms with Crippen LogP contribution in [0.25, 0.3) is 0 Å². The Morgan fingerprint density at radius 3 is 2.19 bits per heavy atom. The van der Waals surface area contributed by atoms with E-state index >= 15 is 0 Å². The number of piperidine rings is 1. The highest BCUT2D eigenvalue weighted by molar-refractivity contribution is 5.32. The molecule has 1 fully saturated rings. The molecule has 2 N–H and O–H groups in total. The van der Waals surface area contributed by atoms with Gasteiger partial charge in [0.1, 0.15) is 0 Å². The van der Waals surface area contributed by atoms with Crippen molar-refractivity contribution in [3.8, 4) is 0 Å². The minimum absolute atomic E-state index is 0.196. The Morgan fingerprint density at radius 2 is 1.67 bits per heavy atom. The highest BCUT2D eigenvalue weighted by Crippen LogP contribution is 2.30. The fourth-order valence-corrected chi connectivity index (χ4v) is 4.19. The second-order valence-corrected chi connectivity index (χ2v) is 8.25. The lowest BCUT2D eigenvalue weighted by molar-refractivity contribution is 0.141. The molecule has 0 bridgehead atoms. The van der Waals surface area contributed by atoms with Crippen LogP contribution in [-0.4, -0.2) is 17.1 Å². The van der Waals surface area contributed by atoms with Gasteiger partial charge in [-0.25, -0.2) is 0 Å². The van der Waals surface area contributed by atoms with Gasteiger partial charge in [0.15, 0.2) is 0 Å². The molecule has 1 aliphatic rings. The number of nitrogens with one attached hydrogen (secondary N) is 2. The van der Waals surface area contributed by atoms with Crippen LogP contribution in [0.3, 0.4) is 0 Å². The smallest absolute Gasteiger partial charge is 0.0296 e. The van der Waals surface area contributed by atoms with E-state index in [1.54, 1.807) is 0 Å². The van der Waals surface area contributed by atoms with Crippen LogP contribution < -0.4 is 10.6 Å². The average molecular weight is 288 g/mol. The van der Waals surface area contributed by atoms with E-state index in [0.717, 1.165) is 0 Å². The van der Waals surface area contributed by atoms with Crippen molar-refractivity contribution in [1.82, 2.24) is 10.6 Å². The molecule has 1 atom stereocenters. The van der Waals surface area contributed by atoms with Crippen molar-refractivity contribution in [3.05, 3.63) is 34.9 Å². The van der Waals surface area contributed by atoms with Gasteiger partial charge in [-0.3, -0.25) is 0 Å². The zero-order chi connectivity index (χ0) is 15.8. The van der Waals surface area contributed by atoms with Crippen LogP contribution in [0.5, 0.6) is 0 Å². The van der Waals surface area contributed by atoms with Crippen LogP contribution in [0.4, 0.5) is 0 Å². The predicted octanol–water partition coefficient (Wildman–Crippen LogP) is 4.26. The van der Waals surface area contributed by atoms with Crippen molar-refractivity contribution in [1.29, 1.82) is 0 Å². The molecule has 1 heterocycles. The largest absolute Gasteiger partial charge is 0.307 e. The molecule has 118 valence electrons. The van der Waals surface area contributed by atoms with Gasteiger partial charge < -0.3 is 10.6 Å². The van der Waals surface area contributed by atoms with Crippen molar-refractivity contribution in [2.24, 2.45) is 0 Å². The van der Waals surface area contributed by atoms with Gasteiger partial charge in [-0.2, -0.15) is 0 Å². The second kappa shape index (κ2) is 5.73. The van der Waals surface area contributed by atoms with E-state index in [1.165, 1.54) is 29.5 Å². The highest BCUT2D eigenvalue weighted by atomic mass is 15.1. The molecule has 2 heteroatoms. The molecule has 21 heavy (non-hydrogen) atoms. The van der Waals surface area contributed by atoms with E-state index < -0.39 is 0 Å². The minimum Gasteiger partial charge on any atom is -0.307 e. The van der Waals surface area contributed by atoms with Gasteiger partial charge in [0.2, 0.25) is 0 Å². The molecule has 2 nitrogen and oxygen atoms in total. The minimum atomic E-state index is 0.196. The standard InChI is InChI=1S/C19H32N2/c1-13-8-9-17(14(2)10-13)15(3)20-16-11-18(4,5)21-19(6,7)12-16/h8-10,15-16,20-21H,11-12H2,1-7H3. The Labute approximate surface area is 130 Å². The van der Waals surface area contributed by atoms with Gasteiger partial charge in [0.05, 0.1) is 0 Å². The second-order valence-electron chi connectivity index (χ2n) is 8.25. The third-order valence-electron chi connectivity index (χ3n) is 4.57. The van der Waals surface area contributed by atoms with Gasteiger partial charge in [0.25, 0.3) is 0 Å². The van der Waals surface area contributed by atoms with Crippen molar-refractivity contribution >= 4 is 0 Å². The summed E-state index contributed by atoms with van der Waals surface area (Å²) in [6.45, 7) is 15.9. The topological polar surface area (TPSA) is 24.1 Å². The fraction of sp³-hybridized carbons (Fsp3) is 0.684. The molecule has 0 amide bonds. The Hall–Kier alpha value is -0.860. The monoisotopic (exact) mass is 288 g/mol. The molecule has 0 saturated carbocycles. The van der Waals surface area contributed by atoms with Crippen LogP contribution >= 0.6 is 0 Å². The lowest BCUT2D eigenvalue weighted by atomic mass is 9.79. The fourth-order valence-electron chi connectivity index (χ4n) is 4.19. The molecule has 1 aliphatic heterocycles. The van der Waals surface area contributed by atoms with Gasteiger partial charge in [-0.1, -0.05) is 23.8 Å². The van der Waals surface area contributed by atoms with Crippen molar-refractivity contribution < 1.29 is 0 Å². The number of rotatable bonds is 3. The van der Waals surface area contributed by atoms with Crippen LogP contribution in [0.15, 0.2) is 18.2 Å². The van der Waals surface area contributed by atoms with E-state index in [1.807, 2.05) is 0 Å². The molecule has 0 spiro atoms. The molecular weight excluding hydrogens is 256 g/mol. The van der Waals surface area contributed by atoms with Crippen molar-refractivity contribution in [3.63, 3.8) is 0 Å². The number of hydrogen-bond acceptors (Lipinski definition) is 2. The van der Waals surface area contributed by atoms with Crippen LogP contribution in [0.1, 0.15) is 70.2 Å². The van der Waals surface area contributed by atoms with Gasteiger partial charge >= 0.3 is 0 Å². The Balaban J connectivity index is 2.10. The summed E-state index contributed by atoms with van der Waals surface area (Å²) in [6, 6.07) is 7.74. The number of aryl methyl sites for hydroxylation is 2. The summed E-state index contributed by atoms with van der Waals surface area (Å²) in [4.78, 5) is 0. The molecule has 0 radical (unpaired) electrons. The average Bonchev–Trinajstić information content (AvgIpc) is 2.23. The first-order chi connectivity index (χ1) is 9.58. The Bertz CT molecular complexity index is 486. The Morgan fingerprint density at radius 1 is 1.10 bits per heavy atom. The van der Waals surface area contributed by atoms with E-state index in [0.29, 0.717) is 12.1 Å². The molecule has 1 aromatic rings. The third kappa shape index (κ3) is 4.31. The zero-order valence-electron chi connectivity index (χ0n) is 14.8. The van der Waals surface area contributed by atoms with E-state index in [2.05, 4.69) is 77.3 Å². The Kier molecular flexibility index (Phi) is 4.51. The molecule has 1 saturated heterocycles. The first-order valence-corrected chi connectivity index (χ1v) is 8.21. The van der Waals surface area contributed by atoms with Crippen LogP contribution in [0, 0.1) is 13.8 Å². The summed E-state index contributed by atoms with van der Waals surface area (Å²) in [7, 11) is 0. The maximum absolute atomic E-state index is 3.87. The summed E-state index contributed by atoms with van der Waals surface area (Å²) in [5, 5.41) is 7.62. The summed E-state index contributed by atoms with van der Waals surface area (Å²) >= 11 is 0. The first-order valence-electron chi connectivity index (χ1n) is 8.21. The summed E-state index contributed by atoms with van der Waals surface area (Å²) in [5.41, 5.74) is 4.55. The summed E-state index contributed by atoms with van der Waals surface area (Å²) < 4.78 is 0. The van der Waals surface area contributed by atoms with Crippen molar-refractivity contribution in [2.75, 3.05) is 0 Å². The SMILES string of the molecule is Cc1ccc(C(C)NC2CC(C)(C)NC(C)(C)C2)c(C)c1. The van der Waals surface area contributed by atoms with Gasteiger partial charge in [-0.05, 0) is 72.4 Å². The molecular formula is C19H32N2. The summed E-state index contributed by atoms with van der Waals surface area (Å²) in [5.74, 6) is 0. The van der Waals surface area contributed by atoms with E-state index in [9.17, 15) is 0 Å². The van der Waals surface area contributed by atoms with Crippen LogP contribution in [-0.2, 0) is 0 Å². The summed E-state index contributed by atoms with van der Waals surface area (Å²) in [6.07, 6.45) is 2.34. The maximum atomic E-state index is 3.87. The van der Waals surface area contributed by atoms with E-state index in [-0.39, 0.29) is 11.1 Å². The highest BCUT2D eigenvalue weighted by Gasteiger charge is 2.37. The lowest BCUT2D eigenvalue weighted by Gasteiger charge is -2.47. The molecule has 1 aromatic carbocycles. The quantitative estimate of drug-likeness (QED) is 0.868. The van der Waals surface area contributed by atoms with Gasteiger partial charge in [0, 0.05) is 23.2 Å². The molecule has 2 rings (SSSR count). The predicted molar refractivity (Wildman–Crippen MR) is 91.8 cm³/mol. The van der Waals surface area contributed by atoms with Crippen molar-refractivity contribution in [2.45, 2.75) is 84.5 Å².